The summed E-state index contributed by atoms with van der Waals surface area (Å²) in [6.45, 7) is -0.0933. The van der Waals surface area contributed by atoms with Gasteiger partial charge >= 0.3 is 0 Å². The summed E-state index contributed by atoms with van der Waals surface area (Å²) < 4.78 is 0. The molecule has 1 N–H and O–H groups in total. The molecule has 150 valence electrons. The van der Waals surface area contributed by atoms with Gasteiger partial charge in [-0.2, -0.15) is 5.10 Å². The van der Waals surface area contributed by atoms with Gasteiger partial charge in [-0.15, -0.1) is 0 Å². The maximum atomic E-state index is 12.8. The predicted molar refractivity (Wildman–Crippen MR) is 112 cm³/mol. The summed E-state index contributed by atoms with van der Waals surface area (Å²) in [5.41, 5.74) is 3.20. The maximum Gasteiger partial charge on any atom is 0.254 e. The lowest BCUT2D eigenvalue weighted by Crippen LogP contribution is -2.56. The number of nitrogens with one attached hydrogen (secondary N) is 1. The third kappa shape index (κ3) is 3.39. The van der Waals surface area contributed by atoms with Crippen LogP contribution in [-0.2, 0) is 9.59 Å². The van der Waals surface area contributed by atoms with Crippen LogP contribution >= 0.6 is 0 Å². The van der Waals surface area contributed by atoms with E-state index in [2.05, 4.69) is 10.2 Å². The molecule has 3 aromatic rings. The lowest BCUT2D eigenvalue weighted by molar-refractivity contribution is -0.150. The van der Waals surface area contributed by atoms with E-state index in [1.54, 1.807) is 12.1 Å². The standard InChI is InChI=1S/C23H20N4O3/c28-21-13-26(14-22(29)27(21)17-10-11-17)23(30)16-8-5-15(6-9-16)7-12-20-18-3-1-2-4-19(18)24-25-20/h1-9,12,17H,10-11,13-14H2,(H,24,25)/b12-7+. The van der Waals surface area contributed by atoms with E-state index in [9.17, 15) is 14.4 Å². The highest BCUT2D eigenvalue weighted by atomic mass is 16.2. The number of para-hydroxylation sites is 1. The summed E-state index contributed by atoms with van der Waals surface area (Å²) >= 11 is 0. The van der Waals surface area contributed by atoms with Crippen LogP contribution in [0.4, 0.5) is 0 Å². The first-order chi connectivity index (χ1) is 14.6. The zero-order chi connectivity index (χ0) is 20.7. The van der Waals surface area contributed by atoms with E-state index < -0.39 is 0 Å². The molecular formula is C23H20N4O3. The van der Waals surface area contributed by atoms with Crippen molar-refractivity contribution >= 4 is 40.8 Å². The highest BCUT2D eigenvalue weighted by molar-refractivity contribution is 6.06. The minimum absolute atomic E-state index is 0.0416. The average Bonchev–Trinajstić information content (AvgIpc) is 3.50. The fraction of sp³-hybridized carbons (Fsp3) is 0.217. The van der Waals surface area contributed by atoms with Gasteiger partial charge in [0, 0.05) is 17.0 Å². The van der Waals surface area contributed by atoms with Gasteiger partial charge in [-0.3, -0.25) is 24.4 Å². The van der Waals surface area contributed by atoms with Crippen LogP contribution in [0.1, 0.15) is 34.5 Å². The summed E-state index contributed by atoms with van der Waals surface area (Å²) in [7, 11) is 0. The van der Waals surface area contributed by atoms with Crippen molar-refractivity contribution in [1.29, 1.82) is 0 Å². The summed E-state index contributed by atoms with van der Waals surface area (Å²) in [5, 5.41) is 8.35. The van der Waals surface area contributed by atoms with E-state index in [0.717, 1.165) is 35.0 Å². The molecule has 7 heteroatoms. The number of imide groups is 1. The number of fused-ring (bicyclic) bond motifs is 1. The smallest absolute Gasteiger partial charge is 0.254 e. The topological polar surface area (TPSA) is 86.4 Å². The van der Waals surface area contributed by atoms with Crippen LogP contribution in [0.3, 0.4) is 0 Å². The molecule has 5 rings (SSSR count). The second-order valence-electron chi connectivity index (χ2n) is 7.66. The van der Waals surface area contributed by atoms with Crippen LogP contribution in [0.15, 0.2) is 48.5 Å². The van der Waals surface area contributed by atoms with E-state index in [0.29, 0.717) is 5.56 Å². The number of piperazine rings is 1. The van der Waals surface area contributed by atoms with Crippen molar-refractivity contribution in [2.75, 3.05) is 13.1 Å². The number of aromatic amines is 1. The molecule has 0 spiro atoms. The van der Waals surface area contributed by atoms with E-state index >= 15 is 0 Å². The Morgan fingerprint density at radius 1 is 0.967 bits per heavy atom. The first-order valence-corrected chi connectivity index (χ1v) is 9.95. The first kappa shape index (κ1) is 18.3. The van der Waals surface area contributed by atoms with Crippen molar-refractivity contribution in [1.82, 2.24) is 20.0 Å². The fourth-order valence-corrected chi connectivity index (χ4v) is 3.76. The molecule has 1 saturated heterocycles. The average molecular weight is 400 g/mol. The van der Waals surface area contributed by atoms with E-state index in [4.69, 9.17) is 0 Å². The number of nitrogens with zero attached hydrogens (tertiary/aromatic N) is 3. The van der Waals surface area contributed by atoms with Crippen molar-refractivity contribution in [2.24, 2.45) is 0 Å². The van der Waals surface area contributed by atoms with Gasteiger partial charge in [-0.1, -0.05) is 36.4 Å². The Balaban J connectivity index is 1.28. The van der Waals surface area contributed by atoms with Gasteiger partial charge in [-0.25, -0.2) is 0 Å². The van der Waals surface area contributed by atoms with Gasteiger partial charge in [-0.05, 0) is 42.7 Å². The molecule has 3 amide bonds. The Kier molecular flexibility index (Phi) is 4.43. The molecule has 1 saturated carbocycles. The van der Waals surface area contributed by atoms with Crippen molar-refractivity contribution in [2.45, 2.75) is 18.9 Å². The summed E-state index contributed by atoms with van der Waals surface area (Å²) in [6.07, 6.45) is 5.59. The Morgan fingerprint density at radius 2 is 1.67 bits per heavy atom. The molecule has 0 bridgehead atoms. The Bertz CT molecular complexity index is 1160. The molecule has 7 nitrogen and oxygen atoms in total. The first-order valence-electron chi connectivity index (χ1n) is 9.95. The SMILES string of the molecule is O=C(c1ccc(/C=C/c2n[nH]c3ccccc23)cc1)N1CC(=O)N(C2CC2)C(=O)C1. The third-order valence-electron chi connectivity index (χ3n) is 5.48. The molecule has 2 aliphatic rings. The lowest BCUT2D eigenvalue weighted by atomic mass is 10.1. The minimum Gasteiger partial charge on any atom is -0.320 e. The Hall–Kier alpha value is -3.74. The van der Waals surface area contributed by atoms with Crippen LogP contribution in [0.25, 0.3) is 23.1 Å². The molecule has 0 atom stereocenters. The number of H-pyrrole nitrogens is 1. The van der Waals surface area contributed by atoms with Gasteiger partial charge in [0.1, 0.15) is 13.1 Å². The molecule has 2 fully saturated rings. The zero-order valence-electron chi connectivity index (χ0n) is 16.2. The van der Waals surface area contributed by atoms with Crippen molar-refractivity contribution < 1.29 is 14.4 Å². The number of aromatic nitrogens is 2. The maximum absolute atomic E-state index is 12.8. The number of carbonyl (C=O) groups excluding carboxylic acids is 3. The Morgan fingerprint density at radius 3 is 2.37 bits per heavy atom. The number of rotatable bonds is 4. The number of hydrogen-bond acceptors (Lipinski definition) is 4. The number of hydrogen-bond donors (Lipinski definition) is 1. The third-order valence-corrected chi connectivity index (χ3v) is 5.48. The van der Waals surface area contributed by atoms with Crippen molar-refractivity contribution in [3.05, 3.63) is 65.4 Å². The molecule has 1 aliphatic heterocycles. The highest BCUT2D eigenvalue weighted by Crippen LogP contribution is 2.29. The molecule has 2 heterocycles. The van der Waals surface area contributed by atoms with Gasteiger partial charge < -0.3 is 4.90 Å². The normalized spacial score (nSPS) is 17.3. The molecule has 30 heavy (non-hydrogen) atoms. The second kappa shape index (κ2) is 7.26. The molecule has 1 aliphatic carbocycles. The van der Waals surface area contributed by atoms with E-state index in [-0.39, 0.29) is 36.9 Å². The molecule has 0 unspecified atom stereocenters. The molecule has 1 aromatic heterocycles. The van der Waals surface area contributed by atoms with Crippen LogP contribution in [0, 0.1) is 0 Å². The summed E-state index contributed by atoms with van der Waals surface area (Å²) in [4.78, 5) is 40.0. The van der Waals surface area contributed by atoms with Crippen LogP contribution < -0.4 is 0 Å². The van der Waals surface area contributed by atoms with E-state index in [1.165, 1.54) is 9.80 Å². The molecule has 0 radical (unpaired) electrons. The predicted octanol–water partition coefficient (Wildman–Crippen LogP) is 2.71. The Labute approximate surface area is 173 Å². The number of benzene rings is 2. The highest BCUT2D eigenvalue weighted by Gasteiger charge is 2.42. The van der Waals surface area contributed by atoms with Gasteiger partial charge in [0.15, 0.2) is 0 Å². The number of carbonyl (C=O) groups is 3. The zero-order valence-corrected chi connectivity index (χ0v) is 16.2. The van der Waals surface area contributed by atoms with Gasteiger partial charge in [0.25, 0.3) is 5.91 Å². The monoisotopic (exact) mass is 400 g/mol. The van der Waals surface area contributed by atoms with Crippen LogP contribution in [0.5, 0.6) is 0 Å². The minimum atomic E-state index is -0.305. The largest absolute Gasteiger partial charge is 0.320 e. The molecular weight excluding hydrogens is 380 g/mol. The molecule has 2 aromatic carbocycles. The fourth-order valence-electron chi connectivity index (χ4n) is 3.76. The van der Waals surface area contributed by atoms with Crippen molar-refractivity contribution in [3.63, 3.8) is 0 Å². The second-order valence-corrected chi connectivity index (χ2v) is 7.66. The van der Waals surface area contributed by atoms with Crippen LogP contribution in [0.2, 0.25) is 0 Å². The lowest BCUT2D eigenvalue weighted by Gasteiger charge is -2.32. The van der Waals surface area contributed by atoms with Crippen LogP contribution in [-0.4, -0.2) is 56.9 Å². The van der Waals surface area contributed by atoms with E-state index in [1.807, 2.05) is 48.6 Å². The number of amides is 3. The quantitative estimate of drug-likeness (QED) is 0.683. The summed E-state index contributed by atoms with van der Waals surface area (Å²) in [5.74, 6) is -0.873. The van der Waals surface area contributed by atoms with Gasteiger partial charge in [0.2, 0.25) is 11.8 Å². The van der Waals surface area contributed by atoms with Crippen molar-refractivity contribution in [3.8, 4) is 0 Å². The van der Waals surface area contributed by atoms with Gasteiger partial charge in [0.05, 0.1) is 11.2 Å². The summed E-state index contributed by atoms with van der Waals surface area (Å²) in [6, 6.07) is 15.0.